The third kappa shape index (κ3) is 2.58. The summed E-state index contributed by atoms with van der Waals surface area (Å²) in [4.78, 5) is 15.3. The van der Waals surface area contributed by atoms with Crippen LogP contribution >= 0.6 is 11.3 Å². The van der Waals surface area contributed by atoms with Crippen LogP contribution in [0, 0.1) is 0 Å². The van der Waals surface area contributed by atoms with E-state index < -0.39 is 0 Å². The molecule has 1 fully saturated rings. The summed E-state index contributed by atoms with van der Waals surface area (Å²) in [5.74, 6) is 0.138. The van der Waals surface area contributed by atoms with E-state index in [1.165, 1.54) is 4.88 Å². The molecule has 100 valence electrons. The van der Waals surface area contributed by atoms with Gasteiger partial charge in [-0.25, -0.2) is 0 Å². The quantitative estimate of drug-likeness (QED) is 0.908. The highest BCUT2D eigenvalue weighted by molar-refractivity contribution is 7.10. The van der Waals surface area contributed by atoms with Gasteiger partial charge in [0.2, 0.25) is 5.91 Å². The van der Waals surface area contributed by atoms with Gasteiger partial charge < -0.3 is 9.64 Å². The van der Waals surface area contributed by atoms with E-state index in [2.05, 4.69) is 11.4 Å². The first-order valence-electron chi connectivity index (χ1n) is 6.10. The van der Waals surface area contributed by atoms with E-state index in [0.717, 1.165) is 0 Å². The number of hydrogen-bond acceptors (Lipinski definition) is 4. The number of ether oxygens (including phenoxy) is 1. The van der Waals surface area contributed by atoms with Gasteiger partial charge in [0.15, 0.2) is 0 Å². The molecule has 0 bridgehead atoms. The third-order valence-corrected chi connectivity index (χ3v) is 4.21. The summed E-state index contributed by atoms with van der Waals surface area (Å²) in [6, 6.07) is 3.93. The van der Waals surface area contributed by atoms with Crippen molar-refractivity contribution in [1.29, 1.82) is 0 Å². The Morgan fingerprint density at radius 1 is 1.56 bits per heavy atom. The van der Waals surface area contributed by atoms with Crippen molar-refractivity contribution in [2.45, 2.75) is 38.6 Å². The van der Waals surface area contributed by atoms with E-state index in [-0.39, 0.29) is 23.7 Å². The minimum absolute atomic E-state index is 0.0260. The fourth-order valence-electron chi connectivity index (χ4n) is 2.10. The second-order valence-electron chi connectivity index (χ2n) is 5.24. The van der Waals surface area contributed by atoms with Crippen molar-refractivity contribution in [3.8, 4) is 0 Å². The van der Waals surface area contributed by atoms with Crippen LogP contribution in [0.4, 0.5) is 0 Å². The first kappa shape index (κ1) is 13.5. The molecule has 0 aromatic carbocycles. The number of hydrogen-bond donors (Lipinski definition) is 1. The fraction of sp³-hybridized carbons (Fsp3) is 0.615. The van der Waals surface area contributed by atoms with E-state index in [1.807, 2.05) is 37.1 Å². The molecule has 4 nitrogen and oxygen atoms in total. The summed E-state index contributed by atoms with van der Waals surface area (Å²) in [6.07, 6.45) is -0.0260. The maximum Gasteiger partial charge on any atom is 0.241 e. The molecule has 2 unspecified atom stereocenters. The molecule has 1 aromatic heterocycles. The van der Waals surface area contributed by atoms with Crippen molar-refractivity contribution in [3.05, 3.63) is 22.4 Å². The van der Waals surface area contributed by atoms with Crippen LogP contribution in [-0.4, -0.2) is 36.1 Å². The predicted octanol–water partition coefficient (Wildman–Crippen LogP) is 1.99. The Labute approximate surface area is 112 Å². The SMILES string of the molecule is COC(C)(C)CN1C(=O)C(C)NC1c1cccs1. The van der Waals surface area contributed by atoms with Crippen molar-refractivity contribution in [2.24, 2.45) is 0 Å². The van der Waals surface area contributed by atoms with Gasteiger partial charge in [-0.3, -0.25) is 10.1 Å². The smallest absolute Gasteiger partial charge is 0.241 e. The van der Waals surface area contributed by atoms with Gasteiger partial charge in [0, 0.05) is 12.0 Å². The van der Waals surface area contributed by atoms with E-state index in [4.69, 9.17) is 4.74 Å². The Balaban J connectivity index is 2.21. The van der Waals surface area contributed by atoms with Gasteiger partial charge in [0.1, 0.15) is 6.17 Å². The molecule has 1 aromatic rings. The summed E-state index contributed by atoms with van der Waals surface area (Å²) < 4.78 is 5.43. The van der Waals surface area contributed by atoms with E-state index in [0.29, 0.717) is 6.54 Å². The summed E-state index contributed by atoms with van der Waals surface area (Å²) >= 11 is 1.66. The molecule has 1 saturated heterocycles. The number of methoxy groups -OCH3 is 1. The van der Waals surface area contributed by atoms with Crippen molar-refractivity contribution in [2.75, 3.05) is 13.7 Å². The maximum atomic E-state index is 12.2. The summed E-state index contributed by atoms with van der Waals surface area (Å²) in [6.45, 7) is 6.48. The highest BCUT2D eigenvalue weighted by Crippen LogP contribution is 2.30. The van der Waals surface area contributed by atoms with Crippen LogP contribution in [0.2, 0.25) is 0 Å². The second-order valence-corrected chi connectivity index (χ2v) is 6.22. The topological polar surface area (TPSA) is 41.6 Å². The lowest BCUT2D eigenvalue weighted by Crippen LogP contribution is -2.43. The van der Waals surface area contributed by atoms with Gasteiger partial charge in [-0.1, -0.05) is 6.07 Å². The molecular weight excluding hydrogens is 248 g/mol. The first-order chi connectivity index (χ1) is 8.44. The van der Waals surface area contributed by atoms with Crippen molar-refractivity contribution < 1.29 is 9.53 Å². The Morgan fingerprint density at radius 3 is 2.83 bits per heavy atom. The monoisotopic (exact) mass is 268 g/mol. The number of carbonyl (C=O) groups excluding carboxylic acids is 1. The number of nitrogens with zero attached hydrogens (tertiary/aromatic N) is 1. The Hall–Kier alpha value is -0.910. The molecule has 2 heterocycles. The Bertz CT molecular complexity index is 417. The highest BCUT2D eigenvalue weighted by atomic mass is 32.1. The average molecular weight is 268 g/mol. The minimum atomic E-state index is -0.336. The molecule has 18 heavy (non-hydrogen) atoms. The van der Waals surface area contributed by atoms with Crippen molar-refractivity contribution in [3.63, 3.8) is 0 Å². The molecule has 0 saturated carbocycles. The zero-order valence-corrected chi connectivity index (χ0v) is 12.1. The Kier molecular flexibility index (Phi) is 3.75. The molecule has 0 aliphatic carbocycles. The fourth-order valence-corrected chi connectivity index (χ4v) is 2.90. The lowest BCUT2D eigenvalue weighted by atomic mass is 10.1. The largest absolute Gasteiger partial charge is 0.377 e. The van der Waals surface area contributed by atoms with Crippen molar-refractivity contribution >= 4 is 17.2 Å². The molecule has 5 heteroatoms. The molecule has 1 amide bonds. The number of thiophene rings is 1. The zero-order chi connectivity index (χ0) is 13.3. The molecule has 1 N–H and O–H groups in total. The van der Waals surface area contributed by atoms with Crippen LogP contribution in [-0.2, 0) is 9.53 Å². The van der Waals surface area contributed by atoms with Crippen LogP contribution in [0.1, 0.15) is 31.8 Å². The highest BCUT2D eigenvalue weighted by Gasteiger charge is 2.40. The summed E-state index contributed by atoms with van der Waals surface area (Å²) in [7, 11) is 1.68. The van der Waals surface area contributed by atoms with Gasteiger partial charge in [0.25, 0.3) is 0 Å². The Morgan fingerprint density at radius 2 is 2.28 bits per heavy atom. The molecular formula is C13H20N2O2S. The van der Waals surface area contributed by atoms with E-state index in [1.54, 1.807) is 18.4 Å². The number of nitrogens with one attached hydrogen (secondary N) is 1. The lowest BCUT2D eigenvalue weighted by Gasteiger charge is -2.32. The number of rotatable bonds is 4. The second kappa shape index (κ2) is 4.99. The van der Waals surface area contributed by atoms with E-state index >= 15 is 0 Å². The normalized spacial score (nSPS) is 24.9. The van der Waals surface area contributed by atoms with Crippen LogP contribution < -0.4 is 5.32 Å². The predicted molar refractivity (Wildman–Crippen MR) is 72.5 cm³/mol. The van der Waals surface area contributed by atoms with Crippen LogP contribution in [0.15, 0.2) is 17.5 Å². The molecule has 0 radical (unpaired) electrons. The molecule has 1 aliphatic heterocycles. The molecule has 1 aliphatic rings. The van der Waals surface area contributed by atoms with Crippen LogP contribution in [0.5, 0.6) is 0 Å². The van der Waals surface area contributed by atoms with Gasteiger partial charge in [-0.2, -0.15) is 0 Å². The lowest BCUT2D eigenvalue weighted by molar-refractivity contribution is -0.133. The first-order valence-corrected chi connectivity index (χ1v) is 6.97. The molecule has 2 rings (SSSR count). The minimum Gasteiger partial charge on any atom is -0.377 e. The molecule has 2 atom stereocenters. The zero-order valence-electron chi connectivity index (χ0n) is 11.3. The third-order valence-electron chi connectivity index (χ3n) is 3.29. The molecule has 0 spiro atoms. The number of amides is 1. The van der Waals surface area contributed by atoms with Crippen LogP contribution in [0.25, 0.3) is 0 Å². The van der Waals surface area contributed by atoms with Crippen molar-refractivity contribution in [1.82, 2.24) is 10.2 Å². The van der Waals surface area contributed by atoms with Gasteiger partial charge in [-0.15, -0.1) is 11.3 Å². The van der Waals surface area contributed by atoms with Gasteiger partial charge in [-0.05, 0) is 32.2 Å². The average Bonchev–Trinajstić information content (AvgIpc) is 2.93. The summed E-state index contributed by atoms with van der Waals surface area (Å²) in [5, 5.41) is 5.37. The van der Waals surface area contributed by atoms with Gasteiger partial charge >= 0.3 is 0 Å². The summed E-state index contributed by atoms with van der Waals surface area (Å²) in [5.41, 5.74) is -0.336. The standard InChI is InChI=1S/C13H20N2O2S/c1-9-12(16)15(8-13(2,3)17-4)11(14-9)10-6-5-7-18-10/h5-7,9,11,14H,8H2,1-4H3. The van der Waals surface area contributed by atoms with Gasteiger partial charge in [0.05, 0.1) is 18.2 Å². The van der Waals surface area contributed by atoms with Crippen LogP contribution in [0.3, 0.4) is 0 Å². The maximum absolute atomic E-state index is 12.2. The van der Waals surface area contributed by atoms with E-state index in [9.17, 15) is 4.79 Å². The number of carbonyl (C=O) groups is 1.